The second kappa shape index (κ2) is 9.59. The molecule has 0 aliphatic rings. The minimum Gasteiger partial charge on any atom is -0.462 e. The van der Waals surface area contributed by atoms with Gasteiger partial charge in [-0.1, -0.05) is 12.2 Å². The minimum atomic E-state index is -0.655. The van der Waals surface area contributed by atoms with Crippen molar-refractivity contribution < 1.29 is 24.2 Å². The van der Waals surface area contributed by atoms with E-state index in [1.807, 2.05) is 0 Å². The van der Waals surface area contributed by atoms with Crippen molar-refractivity contribution in [1.82, 2.24) is 0 Å². The van der Waals surface area contributed by atoms with Crippen LogP contribution in [0.1, 0.15) is 20.3 Å². The zero-order valence-corrected chi connectivity index (χ0v) is 10.1. The highest BCUT2D eigenvalue weighted by Crippen LogP contribution is 2.00. The number of aliphatic hydroxyl groups is 1. The van der Waals surface area contributed by atoms with Crippen molar-refractivity contribution in [3.05, 3.63) is 24.3 Å². The minimum absolute atomic E-state index is 0.0948. The molecule has 0 saturated heterocycles. The maximum Gasteiger partial charge on any atom is 0.330 e. The number of hydrogen-bond acceptors (Lipinski definition) is 5. The Morgan fingerprint density at radius 1 is 1.18 bits per heavy atom. The van der Waals surface area contributed by atoms with Gasteiger partial charge in [-0.15, -0.1) is 0 Å². The van der Waals surface area contributed by atoms with E-state index in [9.17, 15) is 9.59 Å². The Bertz CT molecular complexity index is 293. The summed E-state index contributed by atoms with van der Waals surface area (Å²) in [6, 6.07) is 0. The molecule has 0 fully saturated rings. The number of aliphatic hydroxyl groups excluding tert-OH is 1. The van der Waals surface area contributed by atoms with E-state index in [0.717, 1.165) is 0 Å². The number of hydrogen-bond donors (Lipinski definition) is 1. The van der Waals surface area contributed by atoms with Crippen LogP contribution in [0.15, 0.2) is 24.3 Å². The van der Waals surface area contributed by atoms with Crippen LogP contribution in [-0.4, -0.2) is 36.4 Å². The normalized spacial score (nSPS) is 12.9. The topological polar surface area (TPSA) is 72.8 Å². The van der Waals surface area contributed by atoms with Gasteiger partial charge in [-0.2, -0.15) is 0 Å². The Labute approximate surface area is 101 Å². The van der Waals surface area contributed by atoms with Gasteiger partial charge in [0, 0.05) is 18.6 Å². The molecular formula is C12H18O5. The lowest BCUT2D eigenvalue weighted by Crippen LogP contribution is -2.23. The van der Waals surface area contributed by atoms with Gasteiger partial charge < -0.3 is 14.6 Å². The lowest BCUT2D eigenvalue weighted by Gasteiger charge is -2.13. The maximum absolute atomic E-state index is 11.1. The van der Waals surface area contributed by atoms with Gasteiger partial charge >= 0.3 is 11.9 Å². The van der Waals surface area contributed by atoms with E-state index in [-0.39, 0.29) is 19.6 Å². The summed E-state index contributed by atoms with van der Waals surface area (Å²) < 4.78 is 9.71. The Kier molecular flexibility index (Phi) is 8.68. The number of esters is 2. The molecule has 5 heteroatoms. The van der Waals surface area contributed by atoms with E-state index in [0.29, 0.717) is 0 Å². The number of ether oxygens (including phenoxy) is 2. The van der Waals surface area contributed by atoms with Crippen LogP contribution < -0.4 is 0 Å². The fraction of sp³-hybridized carbons (Fsp3) is 0.500. The summed E-state index contributed by atoms with van der Waals surface area (Å²) in [6.07, 6.45) is 5.27. The van der Waals surface area contributed by atoms with Crippen molar-refractivity contribution in [2.24, 2.45) is 0 Å². The van der Waals surface area contributed by atoms with E-state index >= 15 is 0 Å². The summed E-state index contributed by atoms with van der Waals surface area (Å²) in [7, 11) is 0. The third-order valence-electron chi connectivity index (χ3n) is 1.78. The fourth-order valence-corrected chi connectivity index (χ4v) is 1.00. The summed E-state index contributed by atoms with van der Waals surface area (Å²) in [4.78, 5) is 22.0. The van der Waals surface area contributed by atoms with Gasteiger partial charge in [-0.3, -0.25) is 0 Å². The van der Waals surface area contributed by atoms with Gasteiger partial charge in [0.25, 0.3) is 0 Å². The molecule has 0 aliphatic heterocycles. The van der Waals surface area contributed by atoms with Crippen LogP contribution in [0.2, 0.25) is 0 Å². The van der Waals surface area contributed by atoms with Gasteiger partial charge in [-0.05, 0) is 13.8 Å². The first-order valence-corrected chi connectivity index (χ1v) is 5.37. The summed E-state index contributed by atoms with van der Waals surface area (Å²) in [6.45, 7) is 3.19. The van der Waals surface area contributed by atoms with Gasteiger partial charge in [-0.25, -0.2) is 9.59 Å². The third-order valence-corrected chi connectivity index (χ3v) is 1.78. The molecule has 0 spiro atoms. The van der Waals surface area contributed by atoms with E-state index in [2.05, 4.69) is 0 Å². The quantitative estimate of drug-likeness (QED) is 0.532. The molecule has 0 amide bonds. The molecule has 0 aromatic carbocycles. The molecule has 5 nitrogen and oxygen atoms in total. The van der Waals surface area contributed by atoms with Crippen LogP contribution in [0.3, 0.4) is 0 Å². The first-order valence-electron chi connectivity index (χ1n) is 5.37. The number of allylic oxidation sites excluding steroid dienone is 2. The molecule has 0 aromatic heterocycles. The van der Waals surface area contributed by atoms with E-state index < -0.39 is 18.0 Å². The zero-order valence-electron chi connectivity index (χ0n) is 10.1. The van der Waals surface area contributed by atoms with Crippen molar-refractivity contribution in [3.63, 3.8) is 0 Å². The molecule has 0 bridgehead atoms. The Hall–Kier alpha value is -1.62. The van der Waals surface area contributed by atoms with E-state index in [1.165, 1.54) is 12.2 Å². The van der Waals surface area contributed by atoms with Gasteiger partial charge in [0.2, 0.25) is 0 Å². The lowest BCUT2D eigenvalue weighted by atomic mass is 10.3. The molecule has 1 unspecified atom stereocenters. The largest absolute Gasteiger partial charge is 0.462 e. The monoisotopic (exact) mass is 242 g/mol. The average Bonchev–Trinajstić information content (AvgIpc) is 2.28. The van der Waals surface area contributed by atoms with Crippen LogP contribution in [0, 0.1) is 0 Å². The summed E-state index contributed by atoms with van der Waals surface area (Å²) in [5.74, 6) is -0.977. The van der Waals surface area contributed by atoms with Crippen LogP contribution in [0.25, 0.3) is 0 Å². The molecule has 0 rings (SSSR count). The third kappa shape index (κ3) is 8.21. The van der Waals surface area contributed by atoms with Crippen LogP contribution in [0.4, 0.5) is 0 Å². The van der Waals surface area contributed by atoms with Crippen molar-refractivity contribution >= 4 is 11.9 Å². The fourth-order valence-electron chi connectivity index (χ4n) is 1.00. The molecule has 1 N–H and O–H groups in total. The highest BCUT2D eigenvalue weighted by atomic mass is 16.6. The summed E-state index contributed by atoms with van der Waals surface area (Å²) in [5, 5.41) is 8.96. The number of carbonyl (C=O) groups is 2. The Morgan fingerprint density at radius 2 is 1.76 bits per heavy atom. The molecule has 0 heterocycles. The molecule has 0 aromatic rings. The van der Waals surface area contributed by atoms with Crippen molar-refractivity contribution in [3.8, 4) is 0 Å². The lowest BCUT2D eigenvalue weighted by molar-refractivity contribution is -0.147. The second-order valence-electron chi connectivity index (χ2n) is 3.20. The predicted octanol–water partition coefficient (Wildman–Crippen LogP) is 0.976. The number of rotatable bonds is 7. The van der Waals surface area contributed by atoms with E-state index in [1.54, 1.807) is 26.0 Å². The van der Waals surface area contributed by atoms with Crippen molar-refractivity contribution in [2.75, 3.05) is 13.2 Å². The van der Waals surface area contributed by atoms with Crippen LogP contribution in [0.5, 0.6) is 0 Å². The molecular weight excluding hydrogens is 224 g/mol. The van der Waals surface area contributed by atoms with Crippen molar-refractivity contribution in [2.45, 2.75) is 26.4 Å². The standard InChI is InChI=1S/C12H18O5/c1-3-5-11(14)16-8-7-10(9-13)17-12(15)6-4-2/h3-6,10,13H,7-9H2,1-2H3/b5-3+,6-4+. The Morgan fingerprint density at radius 3 is 2.29 bits per heavy atom. The van der Waals surface area contributed by atoms with Crippen LogP contribution in [-0.2, 0) is 19.1 Å². The number of carbonyl (C=O) groups excluding carboxylic acids is 2. The molecule has 1 atom stereocenters. The molecule has 96 valence electrons. The predicted molar refractivity (Wildman–Crippen MR) is 62.2 cm³/mol. The summed E-state index contributed by atoms with van der Waals surface area (Å²) >= 11 is 0. The molecule has 0 aliphatic carbocycles. The van der Waals surface area contributed by atoms with E-state index in [4.69, 9.17) is 14.6 Å². The van der Waals surface area contributed by atoms with Crippen LogP contribution >= 0.6 is 0 Å². The smallest absolute Gasteiger partial charge is 0.330 e. The first kappa shape index (κ1) is 15.4. The molecule has 0 radical (unpaired) electrons. The van der Waals surface area contributed by atoms with Gasteiger partial charge in [0.05, 0.1) is 13.2 Å². The average molecular weight is 242 g/mol. The Balaban J connectivity index is 3.90. The first-order chi connectivity index (χ1) is 8.13. The molecule has 17 heavy (non-hydrogen) atoms. The SMILES string of the molecule is C/C=C/C(=O)OCCC(CO)OC(=O)/C=C/C. The highest BCUT2D eigenvalue weighted by Gasteiger charge is 2.12. The highest BCUT2D eigenvalue weighted by molar-refractivity contribution is 5.82. The summed E-state index contributed by atoms with van der Waals surface area (Å²) in [5.41, 5.74) is 0. The maximum atomic E-state index is 11.1. The second-order valence-corrected chi connectivity index (χ2v) is 3.20. The molecule has 0 saturated carbocycles. The zero-order chi connectivity index (χ0) is 13.1. The van der Waals surface area contributed by atoms with Gasteiger partial charge in [0.15, 0.2) is 0 Å². The van der Waals surface area contributed by atoms with Crippen molar-refractivity contribution in [1.29, 1.82) is 0 Å². The van der Waals surface area contributed by atoms with Gasteiger partial charge in [0.1, 0.15) is 6.10 Å².